The summed E-state index contributed by atoms with van der Waals surface area (Å²) in [6.07, 6.45) is 4.19. The molecule has 1 rings (SSSR count). The maximum atomic E-state index is 11.4. The average Bonchev–Trinajstić information content (AvgIpc) is 2.21. The first-order valence-electron chi connectivity index (χ1n) is 5.49. The van der Waals surface area contributed by atoms with E-state index in [9.17, 15) is 9.90 Å². The molecule has 1 aliphatic carbocycles. The summed E-state index contributed by atoms with van der Waals surface area (Å²) in [4.78, 5) is 11.4. The molecule has 3 heteroatoms. The smallest absolute Gasteiger partial charge is 0.309 e. The first-order chi connectivity index (χ1) is 7.00. The van der Waals surface area contributed by atoms with E-state index < -0.39 is 11.4 Å². The number of aliphatic carboxylic acids is 1. The van der Waals surface area contributed by atoms with E-state index in [1.165, 1.54) is 5.54 Å². The van der Waals surface area contributed by atoms with Gasteiger partial charge in [-0.1, -0.05) is 24.1 Å². The standard InChI is InChI=1S/C12H19ClO2/c1-9-3-5-12(6-4-9,11(14)15)7-10(2)8-13/h8-9H,3-7H2,1-2H3,(H,14,15)/b10-8+. The van der Waals surface area contributed by atoms with Crippen LogP contribution in [-0.4, -0.2) is 11.1 Å². The van der Waals surface area contributed by atoms with Crippen molar-refractivity contribution in [1.29, 1.82) is 0 Å². The Morgan fingerprint density at radius 2 is 2.07 bits per heavy atom. The van der Waals surface area contributed by atoms with Gasteiger partial charge in [0.1, 0.15) is 0 Å². The van der Waals surface area contributed by atoms with Crippen LogP contribution in [0.1, 0.15) is 46.0 Å². The summed E-state index contributed by atoms with van der Waals surface area (Å²) in [6.45, 7) is 4.09. The van der Waals surface area contributed by atoms with Gasteiger partial charge >= 0.3 is 5.97 Å². The molecule has 0 radical (unpaired) electrons. The molecule has 1 fully saturated rings. The van der Waals surface area contributed by atoms with Gasteiger partial charge in [-0.15, -0.1) is 0 Å². The number of carboxylic acids is 1. The lowest BCUT2D eigenvalue weighted by molar-refractivity contribution is -0.151. The van der Waals surface area contributed by atoms with Gasteiger partial charge in [-0.3, -0.25) is 4.79 Å². The second-order valence-electron chi connectivity index (χ2n) is 4.90. The first-order valence-corrected chi connectivity index (χ1v) is 5.93. The van der Waals surface area contributed by atoms with Crippen molar-refractivity contribution < 1.29 is 9.90 Å². The van der Waals surface area contributed by atoms with E-state index in [4.69, 9.17) is 11.6 Å². The van der Waals surface area contributed by atoms with Crippen molar-refractivity contribution in [3.63, 3.8) is 0 Å². The van der Waals surface area contributed by atoms with Gasteiger partial charge in [-0.05, 0) is 44.9 Å². The van der Waals surface area contributed by atoms with E-state index in [1.807, 2.05) is 6.92 Å². The molecule has 0 unspecified atom stereocenters. The lowest BCUT2D eigenvalue weighted by atomic mass is 9.68. The second-order valence-corrected chi connectivity index (χ2v) is 5.12. The third-order valence-electron chi connectivity index (χ3n) is 3.49. The summed E-state index contributed by atoms with van der Waals surface area (Å²) >= 11 is 5.61. The fraction of sp³-hybridized carbons (Fsp3) is 0.750. The molecule has 0 aliphatic heterocycles. The van der Waals surface area contributed by atoms with Crippen molar-refractivity contribution in [2.45, 2.75) is 46.0 Å². The molecule has 15 heavy (non-hydrogen) atoms. The first kappa shape index (κ1) is 12.6. The van der Waals surface area contributed by atoms with Gasteiger partial charge in [-0.2, -0.15) is 0 Å². The van der Waals surface area contributed by atoms with Crippen LogP contribution in [0.4, 0.5) is 0 Å². The van der Waals surface area contributed by atoms with Crippen LogP contribution in [0, 0.1) is 11.3 Å². The van der Waals surface area contributed by atoms with Crippen LogP contribution in [0.15, 0.2) is 11.1 Å². The molecule has 1 aliphatic rings. The lowest BCUT2D eigenvalue weighted by Gasteiger charge is -2.36. The van der Waals surface area contributed by atoms with Crippen LogP contribution < -0.4 is 0 Å². The van der Waals surface area contributed by atoms with Crippen LogP contribution in [0.5, 0.6) is 0 Å². The number of rotatable bonds is 3. The Labute approximate surface area is 96.3 Å². The Morgan fingerprint density at radius 1 is 1.53 bits per heavy atom. The van der Waals surface area contributed by atoms with Gasteiger partial charge in [0.2, 0.25) is 0 Å². The molecule has 0 aromatic heterocycles. The molecule has 86 valence electrons. The molecule has 0 atom stereocenters. The normalized spacial score (nSPS) is 32.7. The number of allylic oxidation sites excluding steroid dienone is 1. The van der Waals surface area contributed by atoms with E-state index >= 15 is 0 Å². The number of carboxylic acid groups (broad SMARTS) is 1. The fourth-order valence-corrected chi connectivity index (χ4v) is 2.43. The molecular weight excluding hydrogens is 212 g/mol. The summed E-state index contributed by atoms with van der Waals surface area (Å²) in [5, 5.41) is 9.35. The van der Waals surface area contributed by atoms with Crippen LogP contribution in [0.2, 0.25) is 0 Å². The van der Waals surface area contributed by atoms with Gasteiger partial charge in [0.05, 0.1) is 5.41 Å². The van der Waals surface area contributed by atoms with Crippen molar-refractivity contribution in [2.75, 3.05) is 0 Å². The van der Waals surface area contributed by atoms with Crippen LogP contribution in [-0.2, 0) is 4.79 Å². The highest BCUT2D eigenvalue weighted by atomic mass is 35.5. The molecule has 1 N–H and O–H groups in total. The minimum absolute atomic E-state index is 0.554. The quantitative estimate of drug-likeness (QED) is 0.801. The van der Waals surface area contributed by atoms with E-state index in [0.29, 0.717) is 12.3 Å². The van der Waals surface area contributed by atoms with E-state index in [1.54, 1.807) is 0 Å². The van der Waals surface area contributed by atoms with Crippen molar-refractivity contribution in [3.8, 4) is 0 Å². The summed E-state index contributed by atoms with van der Waals surface area (Å²) in [5.74, 6) is 0.00466. The minimum Gasteiger partial charge on any atom is -0.481 e. The van der Waals surface area contributed by atoms with E-state index in [-0.39, 0.29) is 0 Å². The predicted molar refractivity (Wildman–Crippen MR) is 61.9 cm³/mol. The van der Waals surface area contributed by atoms with Crippen LogP contribution in [0.3, 0.4) is 0 Å². The maximum absolute atomic E-state index is 11.4. The fourth-order valence-electron chi connectivity index (χ4n) is 2.35. The number of hydrogen-bond donors (Lipinski definition) is 1. The molecule has 1 saturated carbocycles. The molecule has 0 heterocycles. The molecule has 2 nitrogen and oxygen atoms in total. The largest absolute Gasteiger partial charge is 0.481 e. The van der Waals surface area contributed by atoms with Crippen molar-refractivity contribution >= 4 is 17.6 Å². The summed E-state index contributed by atoms with van der Waals surface area (Å²) in [5.41, 5.74) is 1.92. The van der Waals surface area contributed by atoms with Gasteiger partial charge in [0.15, 0.2) is 0 Å². The van der Waals surface area contributed by atoms with Crippen LogP contribution in [0.25, 0.3) is 0 Å². The van der Waals surface area contributed by atoms with Crippen LogP contribution >= 0.6 is 11.6 Å². The predicted octanol–water partition coefficient (Wildman–Crippen LogP) is 3.80. The minimum atomic E-state index is -0.660. The monoisotopic (exact) mass is 230 g/mol. The van der Waals surface area contributed by atoms with Crippen molar-refractivity contribution in [3.05, 3.63) is 11.1 Å². The van der Waals surface area contributed by atoms with E-state index in [2.05, 4.69) is 6.92 Å². The Morgan fingerprint density at radius 3 is 2.47 bits per heavy atom. The van der Waals surface area contributed by atoms with E-state index in [0.717, 1.165) is 31.3 Å². The average molecular weight is 231 g/mol. The Balaban J connectivity index is 2.76. The Bertz CT molecular complexity index is 263. The summed E-state index contributed by atoms with van der Waals surface area (Å²) in [7, 11) is 0. The molecule has 0 saturated heterocycles. The third kappa shape index (κ3) is 2.97. The Kier molecular flexibility index (Phi) is 4.21. The number of halogens is 1. The second kappa shape index (κ2) is 5.02. The highest BCUT2D eigenvalue weighted by Crippen LogP contribution is 2.43. The summed E-state index contributed by atoms with van der Waals surface area (Å²) < 4.78 is 0. The zero-order chi connectivity index (χ0) is 11.5. The molecule has 0 bridgehead atoms. The molecule has 0 spiro atoms. The lowest BCUT2D eigenvalue weighted by Crippen LogP contribution is -2.35. The topological polar surface area (TPSA) is 37.3 Å². The molecule has 0 amide bonds. The SMILES string of the molecule is C/C(=C\Cl)CC1(C(=O)O)CCC(C)CC1. The third-order valence-corrected chi connectivity index (χ3v) is 3.86. The molecule has 0 aromatic carbocycles. The van der Waals surface area contributed by atoms with Gasteiger partial charge < -0.3 is 5.11 Å². The zero-order valence-electron chi connectivity index (χ0n) is 9.42. The van der Waals surface area contributed by atoms with Gasteiger partial charge in [0.25, 0.3) is 0 Å². The van der Waals surface area contributed by atoms with Crippen molar-refractivity contribution in [2.24, 2.45) is 11.3 Å². The molecule has 0 aromatic rings. The number of hydrogen-bond acceptors (Lipinski definition) is 1. The highest BCUT2D eigenvalue weighted by Gasteiger charge is 2.40. The highest BCUT2D eigenvalue weighted by molar-refractivity contribution is 6.25. The number of carbonyl (C=O) groups is 1. The van der Waals surface area contributed by atoms with Gasteiger partial charge in [-0.25, -0.2) is 0 Å². The van der Waals surface area contributed by atoms with Gasteiger partial charge in [0, 0.05) is 5.54 Å². The zero-order valence-corrected chi connectivity index (χ0v) is 10.2. The Hall–Kier alpha value is -0.500. The maximum Gasteiger partial charge on any atom is 0.309 e. The summed E-state index contributed by atoms with van der Waals surface area (Å²) in [6, 6.07) is 0. The molecular formula is C12H19ClO2. The van der Waals surface area contributed by atoms with Crippen molar-refractivity contribution in [1.82, 2.24) is 0 Å².